The van der Waals surface area contributed by atoms with Crippen LogP contribution in [-0.4, -0.2) is 47.1 Å². The van der Waals surface area contributed by atoms with Crippen LogP contribution in [0.1, 0.15) is 20.7 Å². The fourth-order valence-corrected chi connectivity index (χ4v) is 2.62. The molecule has 134 valence electrons. The lowest BCUT2D eigenvalue weighted by molar-refractivity contribution is 0.0705. The van der Waals surface area contributed by atoms with Gasteiger partial charge in [0.1, 0.15) is 12.4 Å². The molecule has 0 atom stereocenters. The SMILES string of the molecule is CN(CCOc1ccc(C(=O)NO)cc1)C(=O)c1c[nH]c2ccccc12. The molecule has 7 nitrogen and oxygen atoms in total. The minimum Gasteiger partial charge on any atom is -0.492 e. The highest BCUT2D eigenvalue weighted by molar-refractivity contribution is 6.06. The van der Waals surface area contributed by atoms with Gasteiger partial charge >= 0.3 is 0 Å². The summed E-state index contributed by atoms with van der Waals surface area (Å²) in [6, 6.07) is 14.0. The maximum atomic E-state index is 12.6. The second-order valence-corrected chi connectivity index (χ2v) is 5.79. The molecule has 0 saturated carbocycles. The summed E-state index contributed by atoms with van der Waals surface area (Å²) in [5.41, 5.74) is 3.45. The molecule has 0 fully saturated rings. The van der Waals surface area contributed by atoms with E-state index in [1.165, 1.54) is 0 Å². The summed E-state index contributed by atoms with van der Waals surface area (Å²) in [5.74, 6) is -0.0888. The summed E-state index contributed by atoms with van der Waals surface area (Å²) in [5, 5.41) is 9.48. The molecule has 0 aliphatic heterocycles. The third-order valence-electron chi connectivity index (χ3n) is 4.08. The lowest BCUT2D eigenvalue weighted by Gasteiger charge is -2.17. The van der Waals surface area contributed by atoms with Crippen LogP contribution in [0, 0.1) is 0 Å². The van der Waals surface area contributed by atoms with E-state index in [2.05, 4.69) is 4.98 Å². The fraction of sp³-hybridized carbons (Fsp3) is 0.158. The molecule has 3 rings (SSSR count). The highest BCUT2D eigenvalue weighted by atomic mass is 16.5. The molecular formula is C19H19N3O4. The van der Waals surface area contributed by atoms with Gasteiger partial charge in [-0.25, -0.2) is 5.48 Å². The van der Waals surface area contributed by atoms with Gasteiger partial charge in [0, 0.05) is 29.7 Å². The summed E-state index contributed by atoms with van der Waals surface area (Å²) < 4.78 is 5.60. The molecule has 0 aliphatic carbocycles. The number of para-hydroxylation sites is 1. The van der Waals surface area contributed by atoms with E-state index in [4.69, 9.17) is 9.94 Å². The number of H-pyrrole nitrogens is 1. The second kappa shape index (κ2) is 7.71. The Morgan fingerprint density at radius 3 is 2.62 bits per heavy atom. The van der Waals surface area contributed by atoms with Crippen molar-refractivity contribution in [1.29, 1.82) is 0 Å². The molecule has 3 aromatic rings. The van der Waals surface area contributed by atoms with Gasteiger partial charge in [0.25, 0.3) is 11.8 Å². The van der Waals surface area contributed by atoms with Crippen molar-refractivity contribution in [3.8, 4) is 5.75 Å². The van der Waals surface area contributed by atoms with Crippen LogP contribution < -0.4 is 10.2 Å². The largest absolute Gasteiger partial charge is 0.492 e. The van der Waals surface area contributed by atoms with E-state index in [-0.39, 0.29) is 5.91 Å². The molecule has 2 aromatic carbocycles. The second-order valence-electron chi connectivity index (χ2n) is 5.79. The first-order chi connectivity index (χ1) is 12.6. The number of hydroxylamine groups is 1. The van der Waals surface area contributed by atoms with E-state index >= 15 is 0 Å². The highest BCUT2D eigenvalue weighted by Crippen LogP contribution is 2.19. The monoisotopic (exact) mass is 353 g/mol. The predicted octanol–water partition coefficient (Wildman–Crippen LogP) is 2.44. The molecule has 1 heterocycles. The van der Waals surface area contributed by atoms with Gasteiger partial charge in [0.2, 0.25) is 0 Å². The number of amides is 2. The van der Waals surface area contributed by atoms with Gasteiger partial charge in [-0.3, -0.25) is 14.8 Å². The zero-order chi connectivity index (χ0) is 18.5. The third kappa shape index (κ3) is 3.68. The smallest absolute Gasteiger partial charge is 0.274 e. The van der Waals surface area contributed by atoms with Crippen molar-refractivity contribution >= 4 is 22.7 Å². The molecule has 3 N–H and O–H groups in total. The molecule has 0 radical (unpaired) electrons. The Morgan fingerprint density at radius 2 is 1.88 bits per heavy atom. The summed E-state index contributed by atoms with van der Waals surface area (Å²) in [6.07, 6.45) is 1.72. The van der Waals surface area contributed by atoms with Crippen LogP contribution in [0.4, 0.5) is 0 Å². The normalized spacial score (nSPS) is 10.5. The van der Waals surface area contributed by atoms with Crippen LogP contribution in [0.5, 0.6) is 5.75 Å². The van der Waals surface area contributed by atoms with Gasteiger partial charge in [-0.2, -0.15) is 0 Å². The quantitative estimate of drug-likeness (QED) is 0.469. The Morgan fingerprint density at radius 1 is 1.15 bits per heavy atom. The average Bonchev–Trinajstić information content (AvgIpc) is 3.11. The number of carbonyl (C=O) groups is 2. The zero-order valence-electron chi connectivity index (χ0n) is 14.2. The van der Waals surface area contributed by atoms with Crippen molar-refractivity contribution in [2.75, 3.05) is 20.2 Å². The number of ether oxygens (including phenoxy) is 1. The van der Waals surface area contributed by atoms with Crippen LogP contribution >= 0.6 is 0 Å². The van der Waals surface area contributed by atoms with Crippen molar-refractivity contribution < 1.29 is 19.5 Å². The highest BCUT2D eigenvalue weighted by Gasteiger charge is 2.16. The van der Waals surface area contributed by atoms with Gasteiger partial charge in [-0.1, -0.05) is 18.2 Å². The van der Waals surface area contributed by atoms with Gasteiger partial charge in [-0.05, 0) is 30.3 Å². The maximum absolute atomic E-state index is 12.6. The van der Waals surface area contributed by atoms with Gasteiger partial charge in [0.15, 0.2) is 0 Å². The first-order valence-corrected chi connectivity index (χ1v) is 8.09. The maximum Gasteiger partial charge on any atom is 0.274 e. The summed E-state index contributed by atoms with van der Waals surface area (Å²) >= 11 is 0. The zero-order valence-corrected chi connectivity index (χ0v) is 14.2. The molecule has 2 amide bonds. The number of aromatic nitrogens is 1. The van der Waals surface area contributed by atoms with Gasteiger partial charge in [-0.15, -0.1) is 0 Å². The van der Waals surface area contributed by atoms with Crippen LogP contribution in [0.25, 0.3) is 10.9 Å². The number of likely N-dealkylation sites (N-methyl/N-ethyl adjacent to an activating group) is 1. The van der Waals surface area contributed by atoms with Gasteiger partial charge in [0.05, 0.1) is 12.1 Å². The van der Waals surface area contributed by atoms with Crippen LogP contribution in [0.2, 0.25) is 0 Å². The molecule has 0 aliphatic rings. The van der Waals surface area contributed by atoms with Crippen molar-refractivity contribution in [3.63, 3.8) is 0 Å². The summed E-state index contributed by atoms with van der Waals surface area (Å²) in [4.78, 5) is 28.6. The molecule has 7 heteroatoms. The topological polar surface area (TPSA) is 94.7 Å². The van der Waals surface area contributed by atoms with Crippen molar-refractivity contribution in [2.45, 2.75) is 0 Å². The number of nitrogens with zero attached hydrogens (tertiary/aromatic N) is 1. The minimum absolute atomic E-state index is 0.0824. The number of fused-ring (bicyclic) bond motifs is 1. The number of rotatable bonds is 6. The number of nitrogens with one attached hydrogen (secondary N) is 2. The lowest BCUT2D eigenvalue weighted by atomic mass is 10.1. The number of benzene rings is 2. The van der Waals surface area contributed by atoms with E-state index in [0.717, 1.165) is 10.9 Å². The Balaban J connectivity index is 1.56. The summed E-state index contributed by atoms with van der Waals surface area (Å²) in [7, 11) is 1.72. The molecule has 0 unspecified atom stereocenters. The predicted molar refractivity (Wildman–Crippen MR) is 96.4 cm³/mol. The number of aromatic amines is 1. The van der Waals surface area contributed by atoms with Crippen LogP contribution in [-0.2, 0) is 0 Å². The van der Waals surface area contributed by atoms with E-state index in [0.29, 0.717) is 30.0 Å². The molecule has 1 aromatic heterocycles. The van der Waals surface area contributed by atoms with Crippen LogP contribution in [0.15, 0.2) is 54.7 Å². The molecule has 0 saturated heterocycles. The number of hydrogen-bond acceptors (Lipinski definition) is 4. The van der Waals surface area contributed by atoms with E-state index < -0.39 is 5.91 Å². The Kier molecular flexibility index (Phi) is 5.19. The summed E-state index contributed by atoms with van der Waals surface area (Å²) in [6.45, 7) is 0.730. The number of hydrogen-bond donors (Lipinski definition) is 3. The Bertz CT molecular complexity index is 918. The third-order valence-corrected chi connectivity index (χ3v) is 4.08. The Labute approximate surface area is 150 Å². The molecule has 0 spiro atoms. The first-order valence-electron chi connectivity index (χ1n) is 8.09. The molecular weight excluding hydrogens is 334 g/mol. The standard InChI is InChI=1S/C19H19N3O4/c1-22(19(24)16-12-20-17-5-3-2-4-15(16)17)10-11-26-14-8-6-13(7-9-14)18(23)21-25/h2-9,12,20,25H,10-11H2,1H3,(H,21,23). The Hall–Kier alpha value is -3.32. The van der Waals surface area contributed by atoms with Gasteiger partial charge < -0.3 is 14.6 Å². The van der Waals surface area contributed by atoms with E-state index in [1.54, 1.807) is 47.9 Å². The van der Waals surface area contributed by atoms with Crippen LogP contribution in [0.3, 0.4) is 0 Å². The van der Waals surface area contributed by atoms with Crippen molar-refractivity contribution in [3.05, 3.63) is 65.9 Å². The minimum atomic E-state index is -0.583. The first kappa shape index (κ1) is 17.5. The van der Waals surface area contributed by atoms with Crippen molar-refractivity contribution in [2.24, 2.45) is 0 Å². The molecule has 0 bridgehead atoms. The molecule has 26 heavy (non-hydrogen) atoms. The number of carbonyl (C=O) groups excluding carboxylic acids is 2. The van der Waals surface area contributed by atoms with Crippen molar-refractivity contribution in [1.82, 2.24) is 15.4 Å². The fourth-order valence-electron chi connectivity index (χ4n) is 2.62. The average molecular weight is 353 g/mol. The van der Waals surface area contributed by atoms with E-state index in [1.807, 2.05) is 24.3 Å². The lowest BCUT2D eigenvalue weighted by Crippen LogP contribution is -2.30. The van der Waals surface area contributed by atoms with E-state index in [9.17, 15) is 9.59 Å².